The van der Waals surface area contributed by atoms with Crippen LogP contribution in [0.3, 0.4) is 0 Å². The third kappa shape index (κ3) is 18.1. The van der Waals surface area contributed by atoms with Crippen LogP contribution in [-0.2, 0) is 14.3 Å². The summed E-state index contributed by atoms with van der Waals surface area (Å²) in [5, 5.41) is 9.71. The summed E-state index contributed by atoms with van der Waals surface area (Å²) in [6.45, 7) is 24.1. The number of ether oxygens (including phenoxy) is 1. The minimum Gasteiger partial charge on any atom is -0.466 e. The number of halogens is 2. The number of esters is 1. The van der Waals surface area contributed by atoms with Gasteiger partial charge in [-0.25, -0.2) is 19.6 Å². The summed E-state index contributed by atoms with van der Waals surface area (Å²) in [7, 11) is 0. The van der Waals surface area contributed by atoms with Gasteiger partial charge in [0.2, 0.25) is 5.91 Å². The second-order valence-corrected chi connectivity index (χ2v) is 15.5. The average Bonchev–Trinajstić information content (AvgIpc) is 3.66. The fourth-order valence-corrected chi connectivity index (χ4v) is 6.04. The molecular weight excluding hydrogens is 799 g/mol. The number of hydrogen-bond donors (Lipinski definition) is 4. The molecule has 4 aromatic carbocycles. The summed E-state index contributed by atoms with van der Waals surface area (Å²) >= 11 is 1.68. The number of carbonyl (C=O) groups is 2. The number of hydrazine groups is 2. The van der Waals surface area contributed by atoms with Crippen molar-refractivity contribution in [3.05, 3.63) is 130 Å². The molecule has 12 nitrogen and oxygen atoms in total. The van der Waals surface area contributed by atoms with E-state index in [4.69, 9.17) is 10.8 Å². The Morgan fingerprint density at radius 3 is 1.61 bits per heavy atom. The maximum atomic E-state index is 13.2. The van der Waals surface area contributed by atoms with Gasteiger partial charge in [0.25, 0.3) is 0 Å². The van der Waals surface area contributed by atoms with Crippen LogP contribution in [0.4, 0.5) is 14.5 Å². The molecule has 0 saturated heterocycles. The summed E-state index contributed by atoms with van der Waals surface area (Å²) in [5.41, 5.74) is 10.6. The molecule has 334 valence electrons. The van der Waals surface area contributed by atoms with Gasteiger partial charge in [-0.05, 0) is 111 Å². The van der Waals surface area contributed by atoms with E-state index in [2.05, 4.69) is 104 Å². The number of aliphatic imine (C=N–C) groups is 1. The molecule has 0 spiro atoms. The molecule has 0 atom stereocenters. The van der Waals surface area contributed by atoms with Crippen LogP contribution in [0.2, 0.25) is 0 Å². The van der Waals surface area contributed by atoms with Gasteiger partial charge in [0, 0.05) is 23.0 Å². The summed E-state index contributed by atoms with van der Waals surface area (Å²) in [4.78, 5) is 25.6. The number of carbonyl (C=O) groups excluding carboxylic acids is 2. The first-order valence-corrected chi connectivity index (χ1v) is 20.8. The van der Waals surface area contributed by atoms with Crippen molar-refractivity contribution in [2.24, 2.45) is 34.4 Å². The number of rotatable bonds is 9. The van der Waals surface area contributed by atoms with Crippen molar-refractivity contribution in [2.45, 2.75) is 89.0 Å². The summed E-state index contributed by atoms with van der Waals surface area (Å²) in [5.74, 6) is 14.9. The van der Waals surface area contributed by atoms with Gasteiger partial charge >= 0.3 is 5.97 Å². The van der Waals surface area contributed by atoms with Gasteiger partial charge in [-0.15, -0.1) is 22.0 Å². The minimum atomic E-state index is -0.254. The molecule has 0 unspecified atom stereocenters. The lowest BCUT2D eigenvalue weighted by molar-refractivity contribution is -0.146. The fraction of sp³-hybridized carbons (Fsp3) is 0.370. The van der Waals surface area contributed by atoms with E-state index in [1.54, 1.807) is 56.8 Å². The number of para-hydroxylation sites is 2. The fourth-order valence-electron chi connectivity index (χ4n) is 5.30. The van der Waals surface area contributed by atoms with Crippen LogP contribution in [-0.4, -0.2) is 49.5 Å². The van der Waals surface area contributed by atoms with E-state index in [9.17, 15) is 18.4 Å². The minimum absolute atomic E-state index is 0. The Bertz CT molecular complexity index is 2050. The lowest BCUT2D eigenvalue weighted by Crippen LogP contribution is -2.33. The second kappa shape index (κ2) is 29.0. The molecule has 61 heavy (non-hydrogen) atoms. The first-order chi connectivity index (χ1) is 28.5. The number of aromatic nitrogens is 3. The van der Waals surface area contributed by atoms with E-state index in [1.165, 1.54) is 24.3 Å². The quantitative estimate of drug-likeness (QED) is 0.0278. The van der Waals surface area contributed by atoms with E-state index in [0.29, 0.717) is 6.61 Å². The van der Waals surface area contributed by atoms with Crippen LogP contribution < -0.4 is 23.0 Å². The number of thioether (sulfide) groups is 1. The molecule has 0 saturated carbocycles. The number of amides is 1. The predicted molar refractivity (Wildman–Crippen MR) is 248 cm³/mol. The topological polar surface area (TPSA) is 208 Å². The highest BCUT2D eigenvalue weighted by molar-refractivity contribution is 8.14. The number of nitrogens with two attached hydrogens (primary N) is 3. The monoisotopic (exact) mass is 864 g/mol. The largest absolute Gasteiger partial charge is 0.466 e. The van der Waals surface area contributed by atoms with Gasteiger partial charge in [0.15, 0.2) is 5.82 Å². The zero-order valence-corrected chi connectivity index (χ0v) is 38.5. The third-order valence-corrected chi connectivity index (χ3v) is 9.31. The lowest BCUT2D eigenvalue weighted by atomic mass is 10.1. The van der Waals surface area contributed by atoms with Crippen molar-refractivity contribution in [3.63, 3.8) is 0 Å². The third-order valence-electron chi connectivity index (χ3n) is 8.42. The van der Waals surface area contributed by atoms with Crippen molar-refractivity contribution < 1.29 is 28.6 Å². The molecule has 15 heteroatoms. The van der Waals surface area contributed by atoms with Crippen LogP contribution in [0.1, 0.15) is 94.9 Å². The summed E-state index contributed by atoms with van der Waals surface area (Å²) in [6.07, 6.45) is 0. The Morgan fingerprint density at radius 1 is 0.754 bits per heavy atom. The van der Waals surface area contributed by atoms with Crippen molar-refractivity contribution in [3.8, 4) is 17.1 Å². The maximum Gasteiger partial charge on any atom is 0.308 e. The number of hydrogen-bond acceptors (Lipinski definition) is 10. The Morgan fingerprint density at radius 2 is 1.23 bits per heavy atom. The van der Waals surface area contributed by atoms with Gasteiger partial charge in [0.1, 0.15) is 22.5 Å². The van der Waals surface area contributed by atoms with E-state index >= 15 is 0 Å². The van der Waals surface area contributed by atoms with Gasteiger partial charge in [-0.1, -0.05) is 84.9 Å². The molecular formula is C46H66F2N8O4S. The molecule has 5 aromatic rings. The molecule has 1 amide bonds. The molecule has 9 N–H and O–H groups in total. The van der Waals surface area contributed by atoms with Crippen LogP contribution >= 0.6 is 11.8 Å². The Hall–Kier alpha value is -5.32. The molecule has 0 aliphatic heterocycles. The van der Waals surface area contributed by atoms with Crippen LogP contribution in [0.25, 0.3) is 17.1 Å². The molecule has 0 radical (unpaired) electrons. The molecule has 0 bridgehead atoms. The van der Waals surface area contributed by atoms with Crippen molar-refractivity contribution in [1.29, 1.82) is 0 Å². The van der Waals surface area contributed by atoms with E-state index in [-0.39, 0.29) is 46.7 Å². The highest BCUT2D eigenvalue weighted by Gasteiger charge is 2.20. The molecule has 1 aromatic heterocycles. The summed E-state index contributed by atoms with van der Waals surface area (Å²) in [6, 6.07) is 25.3. The van der Waals surface area contributed by atoms with Crippen molar-refractivity contribution >= 4 is 34.4 Å². The van der Waals surface area contributed by atoms with Crippen LogP contribution in [0.5, 0.6) is 0 Å². The standard InChI is InChI=1S/C19H20FN3.C17H18FNS.C6H12O2.C4H10N2O.H4N2.H2O/c1-12(2)18-21-22-19(15-8-10-16(20)11-9-15)23(18)17-13(3)6-5-7-14(17)4;1-4-20-17(14-8-10-15(18)11-9-14)19-16-12(2)6-5-7-13(16)3;1-4-8-6(7)5(2)3;1-3(2)4(7)6-5;1-2;/h5-12H,1-4H3;5-11H,4H2,1-3H3;5H,4H2,1-3H3;3H,5H2,1-2H3,(H,6,7);1-2H2;1H2. The molecule has 1 heterocycles. The number of nitrogens with zero attached hydrogens (tertiary/aromatic N) is 4. The van der Waals surface area contributed by atoms with Crippen molar-refractivity contribution in [2.75, 3.05) is 12.4 Å². The lowest BCUT2D eigenvalue weighted by Gasteiger charge is -2.17. The SMILES string of the molecule is CC(C)C(=O)NN.CCOC(=O)C(C)C.CCSC(=Nc1c(C)cccc1C)c1ccc(F)cc1.Cc1cccc(C)c1-n1c(-c2ccc(F)cc2)nnc1C(C)C.NN.O. The Labute approximate surface area is 365 Å². The van der Waals surface area contributed by atoms with Gasteiger partial charge < -0.3 is 10.2 Å². The van der Waals surface area contributed by atoms with Gasteiger partial charge in [-0.3, -0.25) is 31.3 Å². The first kappa shape index (κ1) is 55.7. The molecule has 0 aliphatic carbocycles. The maximum absolute atomic E-state index is 13.2. The van der Waals surface area contributed by atoms with Crippen LogP contribution in [0.15, 0.2) is 89.9 Å². The van der Waals surface area contributed by atoms with Crippen molar-refractivity contribution in [1.82, 2.24) is 20.2 Å². The number of aryl methyl sites for hydroxylation is 4. The van der Waals surface area contributed by atoms with Crippen LogP contribution in [0, 0.1) is 51.2 Å². The average molecular weight is 865 g/mol. The Kier molecular flexibility index (Phi) is 26.5. The van der Waals surface area contributed by atoms with E-state index < -0.39 is 0 Å². The summed E-state index contributed by atoms with van der Waals surface area (Å²) < 4.78 is 33.1. The molecule has 5 rings (SSSR count). The number of nitrogens with one attached hydrogen (secondary N) is 1. The smallest absolute Gasteiger partial charge is 0.308 e. The highest BCUT2D eigenvalue weighted by atomic mass is 32.2. The molecule has 0 aliphatic rings. The highest BCUT2D eigenvalue weighted by Crippen LogP contribution is 2.30. The number of benzene rings is 4. The first-order valence-electron chi connectivity index (χ1n) is 19.8. The van der Waals surface area contributed by atoms with E-state index in [0.717, 1.165) is 67.2 Å². The Balaban J connectivity index is 0.000000858. The van der Waals surface area contributed by atoms with Gasteiger partial charge in [0.05, 0.1) is 23.9 Å². The van der Waals surface area contributed by atoms with Gasteiger partial charge in [-0.2, -0.15) is 0 Å². The normalized spacial score (nSPS) is 10.5. The van der Waals surface area contributed by atoms with E-state index in [1.807, 2.05) is 31.4 Å². The zero-order valence-electron chi connectivity index (χ0n) is 37.6. The second-order valence-electron chi connectivity index (χ2n) is 14.3. The zero-order chi connectivity index (χ0) is 45.5. The molecule has 0 fully saturated rings. The predicted octanol–water partition coefficient (Wildman–Crippen LogP) is 8.92.